The van der Waals surface area contributed by atoms with Crippen LogP contribution in [0.1, 0.15) is 85.3 Å². The van der Waals surface area contributed by atoms with Crippen LogP contribution in [0.5, 0.6) is 5.75 Å². The zero-order chi connectivity index (χ0) is 35.3. The van der Waals surface area contributed by atoms with Crippen LogP contribution in [-0.2, 0) is 25.6 Å². The summed E-state index contributed by atoms with van der Waals surface area (Å²) in [6.45, 7) is 13.4. The van der Waals surface area contributed by atoms with E-state index in [0.717, 1.165) is 62.1 Å². The highest BCUT2D eigenvalue weighted by Crippen LogP contribution is 2.36. The molecule has 0 radical (unpaired) electrons. The van der Waals surface area contributed by atoms with Gasteiger partial charge in [0.05, 0.1) is 6.54 Å². The third-order valence-electron chi connectivity index (χ3n) is 9.84. The van der Waals surface area contributed by atoms with Gasteiger partial charge in [-0.3, -0.25) is 24.2 Å². The number of fused-ring (bicyclic) bond motifs is 1. The van der Waals surface area contributed by atoms with Gasteiger partial charge >= 0.3 is 0 Å². The summed E-state index contributed by atoms with van der Waals surface area (Å²) in [6, 6.07) is 10.1. The summed E-state index contributed by atoms with van der Waals surface area (Å²) >= 11 is 0. The molecule has 0 saturated carbocycles. The minimum Gasteiger partial charge on any atom is -0.508 e. The molecule has 0 spiro atoms. The van der Waals surface area contributed by atoms with E-state index >= 15 is 0 Å². The van der Waals surface area contributed by atoms with Gasteiger partial charge in [0.1, 0.15) is 11.8 Å². The van der Waals surface area contributed by atoms with Crippen LogP contribution in [0.15, 0.2) is 42.6 Å². The summed E-state index contributed by atoms with van der Waals surface area (Å²) in [5, 5.41) is 20.5. The number of aryl methyl sites for hydroxylation is 1. The van der Waals surface area contributed by atoms with Gasteiger partial charge in [-0.2, -0.15) is 5.06 Å². The molecule has 3 aliphatic heterocycles. The molecule has 268 valence electrons. The van der Waals surface area contributed by atoms with Gasteiger partial charge in [-0.15, -0.1) is 0 Å². The van der Waals surface area contributed by atoms with Gasteiger partial charge in [0.15, 0.2) is 12.3 Å². The lowest BCUT2D eigenvalue weighted by atomic mass is 9.84. The number of aliphatic hydroxyl groups is 1. The third kappa shape index (κ3) is 9.18. The Balaban J connectivity index is 1.36. The maximum Gasteiger partial charge on any atom is 0.256 e. The highest BCUT2D eigenvalue weighted by Gasteiger charge is 2.54. The smallest absolute Gasteiger partial charge is 0.256 e. The topological polar surface area (TPSA) is 127 Å². The van der Waals surface area contributed by atoms with Crippen molar-refractivity contribution in [2.75, 3.05) is 32.8 Å². The largest absolute Gasteiger partial charge is 0.508 e. The van der Waals surface area contributed by atoms with E-state index in [1.54, 1.807) is 29.3 Å². The number of aromatic nitrogens is 1. The van der Waals surface area contributed by atoms with Crippen LogP contribution in [0, 0.1) is 11.3 Å². The number of carbonyl (C=O) groups excluding carboxylic acids is 3. The van der Waals surface area contributed by atoms with Gasteiger partial charge in [0, 0.05) is 49.6 Å². The fourth-order valence-corrected chi connectivity index (χ4v) is 7.35. The summed E-state index contributed by atoms with van der Waals surface area (Å²) in [4.78, 5) is 59.5. The van der Waals surface area contributed by atoms with Gasteiger partial charge < -0.3 is 24.9 Å². The Kier molecular flexibility index (Phi) is 12.0. The Morgan fingerprint density at radius 2 is 1.80 bits per heavy atom. The van der Waals surface area contributed by atoms with Crippen molar-refractivity contribution in [3.05, 3.63) is 48.3 Å². The predicted molar refractivity (Wildman–Crippen MR) is 187 cm³/mol. The summed E-state index contributed by atoms with van der Waals surface area (Å²) in [7, 11) is 0. The van der Waals surface area contributed by atoms with E-state index in [0.29, 0.717) is 19.3 Å². The zero-order valence-corrected chi connectivity index (χ0v) is 29.9. The number of benzene rings is 1. The van der Waals surface area contributed by atoms with E-state index in [1.165, 1.54) is 5.06 Å². The molecular formula is C38H55N5O6. The number of likely N-dealkylation sites (tertiary alicyclic amines) is 1. The lowest BCUT2D eigenvalue weighted by Gasteiger charge is -2.55. The van der Waals surface area contributed by atoms with E-state index in [1.807, 2.05) is 36.9 Å². The number of unbranched alkanes of at least 4 members (excludes halogenated alkanes) is 1. The van der Waals surface area contributed by atoms with E-state index in [9.17, 15) is 24.6 Å². The van der Waals surface area contributed by atoms with Crippen molar-refractivity contribution in [2.24, 2.45) is 11.3 Å². The number of aliphatic hydroxyl groups excluding tert-OH is 1. The number of carbonyl (C=O) groups is 3. The SMILES string of the molecule is CC(C)C[C@H]1ON(C(=O)CCc2ccc(-c3cccc(O)c3)cn2)[C@H]2CN(C3CCN(CCCCO)CC3)C(=O)[C@H](CC(C)(C)C)N2C1=O. The Morgan fingerprint density at radius 3 is 2.43 bits per heavy atom. The Labute approximate surface area is 291 Å². The molecule has 0 aliphatic carbocycles. The monoisotopic (exact) mass is 677 g/mol. The second-order valence-electron chi connectivity index (χ2n) is 15.5. The first-order valence-electron chi connectivity index (χ1n) is 18.0. The zero-order valence-electron chi connectivity index (χ0n) is 29.9. The molecule has 3 amide bonds. The van der Waals surface area contributed by atoms with Crippen LogP contribution >= 0.6 is 0 Å². The van der Waals surface area contributed by atoms with Crippen molar-refractivity contribution in [1.82, 2.24) is 24.7 Å². The third-order valence-corrected chi connectivity index (χ3v) is 9.84. The van der Waals surface area contributed by atoms with Gasteiger partial charge in [-0.05, 0) is 86.6 Å². The van der Waals surface area contributed by atoms with Crippen LogP contribution in [-0.4, -0.2) is 110 Å². The Hall–Kier alpha value is -3.54. The molecule has 5 rings (SSSR count). The molecule has 3 fully saturated rings. The molecule has 3 aliphatic rings. The number of hydrogen-bond acceptors (Lipinski definition) is 8. The number of piperazine rings is 1. The lowest BCUT2D eigenvalue weighted by molar-refractivity contribution is -0.278. The molecular weight excluding hydrogens is 622 g/mol. The van der Waals surface area contributed by atoms with Crippen LogP contribution in [0.2, 0.25) is 0 Å². The van der Waals surface area contributed by atoms with E-state index < -0.39 is 18.3 Å². The van der Waals surface area contributed by atoms with Crippen LogP contribution < -0.4 is 0 Å². The molecule has 0 bridgehead atoms. The number of amides is 3. The molecule has 0 unspecified atom stereocenters. The maximum atomic E-state index is 14.4. The van der Waals surface area contributed by atoms with Crippen molar-refractivity contribution in [3.63, 3.8) is 0 Å². The summed E-state index contributed by atoms with van der Waals surface area (Å²) in [5.41, 5.74) is 2.23. The number of phenols is 1. The first-order chi connectivity index (χ1) is 23.3. The minimum absolute atomic E-state index is 0.0147. The Bertz CT molecular complexity index is 1430. The van der Waals surface area contributed by atoms with Gasteiger partial charge in [-0.1, -0.05) is 52.8 Å². The predicted octanol–water partition coefficient (Wildman–Crippen LogP) is 4.61. The number of aromatic hydroxyl groups is 1. The molecule has 11 heteroatoms. The first kappa shape index (κ1) is 36.7. The molecule has 2 aromatic rings. The number of rotatable bonds is 12. The molecule has 11 nitrogen and oxygen atoms in total. The van der Waals surface area contributed by atoms with Crippen LogP contribution in [0.4, 0.5) is 0 Å². The van der Waals surface area contributed by atoms with Crippen LogP contribution in [0.25, 0.3) is 11.1 Å². The summed E-state index contributed by atoms with van der Waals surface area (Å²) in [5.74, 6) is -0.154. The van der Waals surface area contributed by atoms with E-state index in [-0.39, 0.29) is 60.4 Å². The maximum absolute atomic E-state index is 14.4. The lowest BCUT2D eigenvalue weighted by Crippen LogP contribution is -2.75. The summed E-state index contributed by atoms with van der Waals surface area (Å²) in [6.07, 6.45) is 5.01. The van der Waals surface area contributed by atoms with Gasteiger partial charge in [0.2, 0.25) is 11.8 Å². The van der Waals surface area contributed by atoms with E-state index in [2.05, 4.69) is 30.7 Å². The number of hydrogen-bond donors (Lipinski definition) is 2. The molecule has 3 saturated heterocycles. The average Bonchev–Trinajstić information content (AvgIpc) is 3.06. The highest BCUT2D eigenvalue weighted by atomic mass is 16.7. The van der Waals surface area contributed by atoms with Crippen LogP contribution in [0.3, 0.4) is 0 Å². The van der Waals surface area contributed by atoms with Gasteiger partial charge in [0.25, 0.3) is 5.91 Å². The van der Waals surface area contributed by atoms with Crippen molar-refractivity contribution >= 4 is 17.7 Å². The fourth-order valence-electron chi connectivity index (χ4n) is 7.35. The van der Waals surface area contributed by atoms with Gasteiger partial charge in [-0.25, -0.2) is 0 Å². The summed E-state index contributed by atoms with van der Waals surface area (Å²) < 4.78 is 0. The first-order valence-corrected chi connectivity index (χ1v) is 18.0. The standard InChI is InChI=1S/C38H55N5O6/c1-26(2)21-33-37(48)42-32(23-38(3,4)5)36(47)41(30-15-18-40(19-16-30)17-6-7-20-44)25-34(42)43(49-33)35(46)14-13-29-12-11-28(24-39-29)27-9-8-10-31(45)22-27/h8-12,22,24,26,30,32-34,44-45H,6-7,13-21,23,25H2,1-5H3/t32-,33+,34-/m0/s1. The quantitative estimate of drug-likeness (QED) is 0.312. The Morgan fingerprint density at radius 1 is 1.04 bits per heavy atom. The molecule has 1 aromatic carbocycles. The second-order valence-corrected chi connectivity index (χ2v) is 15.5. The molecule has 3 atom stereocenters. The highest BCUT2D eigenvalue weighted by molar-refractivity contribution is 5.92. The number of hydroxylamine groups is 2. The number of nitrogens with zero attached hydrogens (tertiary/aromatic N) is 5. The van der Waals surface area contributed by atoms with Crippen molar-refractivity contribution in [1.29, 1.82) is 0 Å². The van der Waals surface area contributed by atoms with Crippen molar-refractivity contribution in [3.8, 4) is 16.9 Å². The normalized spacial score (nSPS) is 22.6. The molecule has 4 heterocycles. The molecule has 2 N–H and O–H groups in total. The van der Waals surface area contributed by atoms with Crippen molar-refractivity contribution < 1.29 is 29.4 Å². The van der Waals surface area contributed by atoms with Crippen molar-refractivity contribution in [2.45, 2.75) is 110 Å². The second kappa shape index (κ2) is 16.0. The molecule has 49 heavy (non-hydrogen) atoms. The number of phenolic OH excluding ortho intramolecular Hbond substituents is 1. The number of pyridine rings is 1. The average molecular weight is 678 g/mol. The minimum atomic E-state index is -0.844. The number of piperidine rings is 1. The fraction of sp³-hybridized carbons (Fsp3) is 0.632. The molecule has 1 aromatic heterocycles. The van der Waals surface area contributed by atoms with E-state index in [4.69, 9.17) is 4.84 Å².